The van der Waals surface area contributed by atoms with Gasteiger partial charge in [0.1, 0.15) is 0 Å². The molecule has 1 aromatic carbocycles. The third kappa shape index (κ3) is 1.87. The van der Waals surface area contributed by atoms with Gasteiger partial charge >= 0.3 is 6.18 Å². The van der Waals surface area contributed by atoms with E-state index in [1.54, 1.807) is 0 Å². The zero-order valence-electron chi connectivity index (χ0n) is 8.99. The largest absolute Gasteiger partial charge is 0.416 e. The van der Waals surface area contributed by atoms with Crippen LogP contribution in [0.25, 0.3) is 0 Å². The Morgan fingerprint density at radius 1 is 1.28 bits per heavy atom. The lowest BCUT2D eigenvalue weighted by Gasteiger charge is -2.20. The van der Waals surface area contributed by atoms with E-state index < -0.39 is 41.6 Å². The molecular weight excluding hydrogens is 277 g/mol. The fourth-order valence-electron chi connectivity index (χ4n) is 2.13. The summed E-state index contributed by atoms with van der Waals surface area (Å²) in [6.07, 6.45) is -5.40. The van der Waals surface area contributed by atoms with Crippen LogP contribution in [0.2, 0.25) is 5.02 Å². The van der Waals surface area contributed by atoms with Crippen molar-refractivity contribution in [1.82, 2.24) is 0 Å². The van der Waals surface area contributed by atoms with Crippen molar-refractivity contribution in [3.05, 3.63) is 34.3 Å². The van der Waals surface area contributed by atoms with Crippen molar-refractivity contribution in [3.63, 3.8) is 0 Å². The van der Waals surface area contributed by atoms with E-state index in [9.17, 15) is 22.0 Å². The van der Waals surface area contributed by atoms with Gasteiger partial charge in [0.25, 0.3) is 5.92 Å². The van der Waals surface area contributed by atoms with Gasteiger partial charge in [-0.1, -0.05) is 17.7 Å². The van der Waals surface area contributed by atoms with Crippen LogP contribution >= 0.6 is 11.6 Å². The molecule has 0 spiro atoms. The summed E-state index contributed by atoms with van der Waals surface area (Å²) in [5.74, 6) is -3.20. The fraction of sp³-hybridized carbons (Fsp3) is 0.455. The second-order valence-electron chi connectivity index (χ2n) is 4.36. The maximum absolute atomic E-state index is 13.3. The molecule has 0 radical (unpaired) electrons. The van der Waals surface area contributed by atoms with Crippen LogP contribution in [0.15, 0.2) is 18.2 Å². The lowest BCUT2D eigenvalue weighted by atomic mass is 9.90. The number of rotatable bonds is 2. The molecule has 0 aromatic heterocycles. The molecule has 1 aliphatic rings. The molecule has 0 heterocycles. The average molecular weight is 286 g/mol. The van der Waals surface area contributed by atoms with Crippen molar-refractivity contribution in [3.8, 4) is 0 Å². The fourth-order valence-corrected chi connectivity index (χ4v) is 2.30. The molecule has 1 aliphatic carbocycles. The summed E-state index contributed by atoms with van der Waals surface area (Å²) in [5, 5.41) is -0.151. The minimum absolute atomic E-state index is 0.151. The Labute approximate surface area is 105 Å². The van der Waals surface area contributed by atoms with E-state index in [4.69, 9.17) is 17.3 Å². The molecule has 0 bridgehead atoms. The number of nitrogens with two attached hydrogens (primary N) is 1. The van der Waals surface area contributed by atoms with Crippen LogP contribution in [0, 0.1) is 0 Å². The highest BCUT2D eigenvalue weighted by molar-refractivity contribution is 6.30. The summed E-state index contributed by atoms with van der Waals surface area (Å²) in [4.78, 5) is 0. The predicted octanol–water partition coefficient (Wildman–Crippen LogP) is 3.59. The average Bonchev–Trinajstić information content (AvgIpc) is 2.81. The standard InChI is InChI=1S/C11H9ClF5N/c12-6-1-2-7(8(3-6)11(15,16)17)9(5-18)4-10(9,13)14/h1-3H,4-5,18H2. The summed E-state index contributed by atoms with van der Waals surface area (Å²) in [7, 11) is 0. The molecule has 2 rings (SSSR count). The van der Waals surface area contributed by atoms with Crippen molar-refractivity contribution in [1.29, 1.82) is 0 Å². The zero-order valence-corrected chi connectivity index (χ0v) is 9.75. The van der Waals surface area contributed by atoms with Crippen LogP contribution in [0.5, 0.6) is 0 Å². The highest BCUT2D eigenvalue weighted by atomic mass is 35.5. The van der Waals surface area contributed by atoms with Gasteiger partial charge < -0.3 is 5.73 Å². The number of hydrogen-bond donors (Lipinski definition) is 1. The van der Waals surface area contributed by atoms with Gasteiger partial charge in [-0.05, 0) is 17.7 Å². The van der Waals surface area contributed by atoms with Crippen LogP contribution in [0.4, 0.5) is 22.0 Å². The monoisotopic (exact) mass is 285 g/mol. The van der Waals surface area contributed by atoms with Crippen LogP contribution in [0.1, 0.15) is 17.5 Å². The van der Waals surface area contributed by atoms with Gasteiger partial charge in [-0.25, -0.2) is 8.78 Å². The topological polar surface area (TPSA) is 26.0 Å². The summed E-state index contributed by atoms with van der Waals surface area (Å²) in [6, 6.07) is 2.81. The third-order valence-corrected chi connectivity index (χ3v) is 3.49. The molecule has 1 fully saturated rings. The van der Waals surface area contributed by atoms with Crippen LogP contribution in [-0.4, -0.2) is 12.5 Å². The first-order valence-electron chi connectivity index (χ1n) is 5.09. The minimum Gasteiger partial charge on any atom is -0.329 e. The zero-order chi connectivity index (χ0) is 13.8. The van der Waals surface area contributed by atoms with Crippen molar-refractivity contribution < 1.29 is 22.0 Å². The van der Waals surface area contributed by atoms with E-state index in [0.29, 0.717) is 6.07 Å². The van der Waals surface area contributed by atoms with Gasteiger partial charge in [0.05, 0.1) is 11.0 Å². The maximum atomic E-state index is 13.3. The van der Waals surface area contributed by atoms with Crippen molar-refractivity contribution in [2.24, 2.45) is 5.73 Å². The summed E-state index contributed by atoms with van der Waals surface area (Å²) in [6.45, 7) is -0.537. The van der Waals surface area contributed by atoms with Crippen LogP contribution < -0.4 is 5.73 Å². The van der Waals surface area contributed by atoms with Gasteiger partial charge in [0.2, 0.25) is 0 Å². The van der Waals surface area contributed by atoms with Gasteiger partial charge in [0.15, 0.2) is 0 Å². The number of hydrogen-bond acceptors (Lipinski definition) is 1. The number of alkyl halides is 5. The highest BCUT2D eigenvalue weighted by Gasteiger charge is 2.72. The van der Waals surface area contributed by atoms with Crippen LogP contribution in [-0.2, 0) is 11.6 Å². The van der Waals surface area contributed by atoms with E-state index >= 15 is 0 Å². The van der Waals surface area contributed by atoms with E-state index in [2.05, 4.69) is 0 Å². The van der Waals surface area contributed by atoms with E-state index in [1.807, 2.05) is 0 Å². The van der Waals surface area contributed by atoms with Gasteiger partial charge in [0, 0.05) is 18.0 Å². The van der Waals surface area contributed by atoms with Gasteiger partial charge in [-0.15, -0.1) is 0 Å². The quantitative estimate of drug-likeness (QED) is 0.826. The Morgan fingerprint density at radius 3 is 2.22 bits per heavy atom. The van der Waals surface area contributed by atoms with Gasteiger partial charge in [-0.3, -0.25) is 0 Å². The van der Waals surface area contributed by atoms with E-state index in [-0.39, 0.29) is 5.02 Å². The normalized spacial score (nSPS) is 26.2. The molecule has 1 nitrogen and oxygen atoms in total. The van der Waals surface area contributed by atoms with E-state index in [1.165, 1.54) is 0 Å². The Hall–Kier alpha value is -0.880. The lowest BCUT2D eigenvalue weighted by Crippen LogP contribution is -2.29. The van der Waals surface area contributed by atoms with Crippen molar-refractivity contribution in [2.75, 3.05) is 6.54 Å². The second-order valence-corrected chi connectivity index (χ2v) is 4.79. The molecule has 7 heteroatoms. The number of halogens is 6. The molecule has 0 aliphatic heterocycles. The summed E-state index contributed by atoms with van der Waals surface area (Å²) < 4.78 is 65.1. The lowest BCUT2D eigenvalue weighted by molar-refractivity contribution is -0.138. The molecular formula is C11H9ClF5N. The Balaban J connectivity index is 2.59. The molecule has 1 unspecified atom stereocenters. The second kappa shape index (κ2) is 3.81. The first-order chi connectivity index (χ1) is 8.14. The smallest absolute Gasteiger partial charge is 0.329 e. The summed E-state index contributed by atoms with van der Waals surface area (Å²) >= 11 is 5.49. The molecule has 1 saturated carbocycles. The molecule has 1 atom stereocenters. The Bertz CT molecular complexity index is 485. The van der Waals surface area contributed by atoms with Crippen molar-refractivity contribution >= 4 is 11.6 Å². The SMILES string of the molecule is NCC1(c2ccc(Cl)cc2C(F)(F)F)CC1(F)F. The first kappa shape index (κ1) is 13.5. The molecule has 0 saturated heterocycles. The first-order valence-corrected chi connectivity index (χ1v) is 5.47. The van der Waals surface area contributed by atoms with Crippen LogP contribution in [0.3, 0.4) is 0 Å². The van der Waals surface area contributed by atoms with Gasteiger partial charge in [-0.2, -0.15) is 13.2 Å². The molecule has 18 heavy (non-hydrogen) atoms. The highest BCUT2D eigenvalue weighted by Crippen LogP contribution is 2.62. The Kier molecular flexibility index (Phi) is 2.86. The predicted molar refractivity (Wildman–Crippen MR) is 56.8 cm³/mol. The van der Waals surface area contributed by atoms with Crippen molar-refractivity contribution in [2.45, 2.75) is 23.9 Å². The maximum Gasteiger partial charge on any atom is 0.416 e. The number of benzene rings is 1. The third-order valence-electron chi connectivity index (χ3n) is 3.25. The summed E-state index contributed by atoms with van der Waals surface area (Å²) in [5.41, 5.74) is 1.71. The minimum atomic E-state index is -4.74. The Morgan fingerprint density at radius 2 is 1.83 bits per heavy atom. The molecule has 1 aromatic rings. The van der Waals surface area contributed by atoms with E-state index in [0.717, 1.165) is 12.1 Å². The molecule has 0 amide bonds. The molecule has 100 valence electrons. The molecule has 2 N–H and O–H groups in total.